The molecule has 110 valence electrons. The summed E-state index contributed by atoms with van der Waals surface area (Å²) < 4.78 is 5.04. The van der Waals surface area contributed by atoms with E-state index < -0.39 is 6.09 Å². The van der Waals surface area contributed by atoms with Crippen LogP contribution in [0.2, 0.25) is 0 Å². The molecule has 0 saturated carbocycles. The zero-order valence-electron chi connectivity index (χ0n) is 12.1. The number of anilines is 1. The smallest absolute Gasteiger partial charge is 0.425 e. The fraction of sp³-hybridized carbons (Fsp3) is 0.235. The second-order valence-corrected chi connectivity index (χ2v) is 4.65. The molecule has 2 rings (SSSR count). The molecule has 0 aliphatic carbocycles. The van der Waals surface area contributed by atoms with E-state index in [0.29, 0.717) is 6.61 Å². The van der Waals surface area contributed by atoms with Gasteiger partial charge in [-0.05, 0) is 18.1 Å². The van der Waals surface area contributed by atoms with Gasteiger partial charge in [-0.1, -0.05) is 61.9 Å². The Morgan fingerprint density at radius 1 is 1.05 bits per heavy atom. The maximum atomic E-state index is 11.5. The van der Waals surface area contributed by atoms with Crippen molar-refractivity contribution in [1.82, 2.24) is 5.43 Å². The van der Waals surface area contributed by atoms with Crippen molar-refractivity contribution in [3.63, 3.8) is 0 Å². The van der Waals surface area contributed by atoms with Crippen molar-refractivity contribution in [2.75, 3.05) is 12.0 Å². The van der Waals surface area contributed by atoms with E-state index in [0.717, 1.165) is 29.7 Å². The molecule has 4 nitrogen and oxygen atoms in total. The van der Waals surface area contributed by atoms with E-state index in [2.05, 4.69) is 17.8 Å². The van der Waals surface area contributed by atoms with Crippen LogP contribution in [0.4, 0.5) is 10.5 Å². The monoisotopic (exact) mass is 284 g/mol. The molecule has 21 heavy (non-hydrogen) atoms. The number of ether oxygens (including phenoxy) is 1. The second-order valence-electron chi connectivity index (χ2n) is 4.65. The standard InChI is InChI=1S/C17H20N2O2/c1-2-3-13-21-17(20)19-18-16-12-8-7-11-15(16)14-9-5-4-6-10-14/h4-12,18H,2-3,13H2,1H3,(H,19,20). The van der Waals surface area contributed by atoms with E-state index in [-0.39, 0.29) is 0 Å². The van der Waals surface area contributed by atoms with Gasteiger partial charge in [0.25, 0.3) is 0 Å². The predicted octanol–water partition coefficient (Wildman–Crippen LogP) is 4.21. The fourth-order valence-corrected chi connectivity index (χ4v) is 1.93. The number of nitrogens with one attached hydrogen (secondary N) is 2. The van der Waals surface area contributed by atoms with Crippen LogP contribution in [0.25, 0.3) is 11.1 Å². The Bertz CT molecular complexity index is 570. The number of hydrazine groups is 1. The molecule has 0 spiro atoms. The molecule has 0 heterocycles. The van der Waals surface area contributed by atoms with Crippen LogP contribution in [0.1, 0.15) is 19.8 Å². The minimum Gasteiger partial charge on any atom is -0.448 e. The van der Waals surface area contributed by atoms with Crippen LogP contribution in [-0.2, 0) is 4.74 Å². The molecule has 2 N–H and O–H groups in total. The van der Waals surface area contributed by atoms with Crippen molar-refractivity contribution in [1.29, 1.82) is 0 Å². The molecule has 2 aromatic rings. The van der Waals surface area contributed by atoms with Crippen LogP contribution >= 0.6 is 0 Å². The Balaban J connectivity index is 1.99. The number of unbranched alkanes of at least 4 members (excludes halogenated alkanes) is 1. The number of carbonyl (C=O) groups is 1. The SMILES string of the molecule is CCCCOC(=O)NNc1ccccc1-c1ccccc1. The normalized spacial score (nSPS) is 9.95. The van der Waals surface area contributed by atoms with Gasteiger partial charge in [-0.3, -0.25) is 5.43 Å². The minimum atomic E-state index is -0.466. The van der Waals surface area contributed by atoms with Crippen LogP contribution in [0, 0.1) is 0 Å². The van der Waals surface area contributed by atoms with Crippen LogP contribution in [-0.4, -0.2) is 12.7 Å². The van der Waals surface area contributed by atoms with Crippen molar-refractivity contribution in [3.05, 3.63) is 54.6 Å². The Labute approximate surface area is 125 Å². The Morgan fingerprint density at radius 3 is 2.52 bits per heavy atom. The Morgan fingerprint density at radius 2 is 1.76 bits per heavy atom. The molecule has 0 aliphatic rings. The quantitative estimate of drug-likeness (QED) is 0.617. The first-order valence-corrected chi connectivity index (χ1v) is 7.14. The summed E-state index contributed by atoms with van der Waals surface area (Å²) in [5.41, 5.74) is 8.41. The zero-order chi connectivity index (χ0) is 14.9. The molecule has 1 amide bonds. The largest absolute Gasteiger partial charge is 0.448 e. The molecule has 0 unspecified atom stereocenters. The van der Waals surface area contributed by atoms with Crippen LogP contribution in [0.5, 0.6) is 0 Å². The van der Waals surface area contributed by atoms with Gasteiger partial charge >= 0.3 is 6.09 Å². The van der Waals surface area contributed by atoms with Gasteiger partial charge in [-0.2, -0.15) is 0 Å². The Hall–Kier alpha value is -2.49. The van der Waals surface area contributed by atoms with Crippen molar-refractivity contribution in [2.24, 2.45) is 0 Å². The average molecular weight is 284 g/mol. The van der Waals surface area contributed by atoms with Gasteiger partial charge < -0.3 is 4.74 Å². The summed E-state index contributed by atoms with van der Waals surface area (Å²) in [6, 6.07) is 17.8. The molecule has 0 fully saturated rings. The highest BCUT2D eigenvalue weighted by Gasteiger charge is 2.05. The van der Waals surface area contributed by atoms with Gasteiger partial charge in [-0.15, -0.1) is 0 Å². The lowest BCUT2D eigenvalue weighted by molar-refractivity contribution is 0.147. The summed E-state index contributed by atoms with van der Waals surface area (Å²) in [5.74, 6) is 0. The van der Waals surface area contributed by atoms with E-state index in [1.807, 2.05) is 54.6 Å². The summed E-state index contributed by atoms with van der Waals surface area (Å²) in [7, 11) is 0. The lowest BCUT2D eigenvalue weighted by Crippen LogP contribution is -2.30. The van der Waals surface area contributed by atoms with Crippen molar-refractivity contribution >= 4 is 11.8 Å². The first kappa shape index (κ1) is 14.9. The van der Waals surface area contributed by atoms with Gasteiger partial charge in [-0.25, -0.2) is 10.2 Å². The average Bonchev–Trinajstić information content (AvgIpc) is 2.54. The highest BCUT2D eigenvalue weighted by atomic mass is 16.6. The number of carbonyl (C=O) groups excluding carboxylic acids is 1. The van der Waals surface area contributed by atoms with Crippen LogP contribution in [0.15, 0.2) is 54.6 Å². The number of hydrogen-bond acceptors (Lipinski definition) is 3. The van der Waals surface area contributed by atoms with E-state index in [4.69, 9.17) is 4.74 Å². The summed E-state index contributed by atoms with van der Waals surface area (Å²) in [5, 5.41) is 0. The fourth-order valence-electron chi connectivity index (χ4n) is 1.93. The van der Waals surface area contributed by atoms with Crippen molar-refractivity contribution < 1.29 is 9.53 Å². The summed E-state index contributed by atoms with van der Waals surface area (Å²) in [6.07, 6.45) is 1.40. The lowest BCUT2D eigenvalue weighted by atomic mass is 10.0. The number of benzene rings is 2. The van der Waals surface area contributed by atoms with E-state index >= 15 is 0 Å². The third-order valence-electron chi connectivity index (χ3n) is 3.04. The van der Waals surface area contributed by atoms with Gasteiger partial charge in [0.05, 0.1) is 12.3 Å². The molecule has 0 saturated heterocycles. The molecule has 0 bridgehead atoms. The zero-order valence-corrected chi connectivity index (χ0v) is 12.1. The van der Waals surface area contributed by atoms with Gasteiger partial charge in [0.1, 0.15) is 0 Å². The van der Waals surface area contributed by atoms with Crippen LogP contribution in [0.3, 0.4) is 0 Å². The number of rotatable bonds is 6. The molecule has 0 atom stereocenters. The summed E-state index contributed by atoms with van der Waals surface area (Å²) in [4.78, 5) is 11.5. The van der Waals surface area contributed by atoms with E-state index in [1.165, 1.54) is 0 Å². The van der Waals surface area contributed by atoms with Crippen molar-refractivity contribution in [2.45, 2.75) is 19.8 Å². The maximum Gasteiger partial charge on any atom is 0.425 e. The molecule has 4 heteroatoms. The topological polar surface area (TPSA) is 50.4 Å². The number of hydrogen-bond donors (Lipinski definition) is 2. The third-order valence-corrected chi connectivity index (χ3v) is 3.04. The molecule has 0 aliphatic heterocycles. The number of amides is 1. The van der Waals surface area contributed by atoms with Crippen LogP contribution < -0.4 is 10.9 Å². The molecule has 0 radical (unpaired) electrons. The highest BCUT2D eigenvalue weighted by molar-refractivity contribution is 5.79. The molecule has 2 aromatic carbocycles. The van der Waals surface area contributed by atoms with Gasteiger partial charge in [0.15, 0.2) is 0 Å². The van der Waals surface area contributed by atoms with Crippen molar-refractivity contribution in [3.8, 4) is 11.1 Å². The molecular weight excluding hydrogens is 264 g/mol. The highest BCUT2D eigenvalue weighted by Crippen LogP contribution is 2.26. The van der Waals surface area contributed by atoms with E-state index in [1.54, 1.807) is 0 Å². The first-order valence-electron chi connectivity index (χ1n) is 7.14. The Kier molecular flexibility index (Phi) is 5.64. The third kappa shape index (κ3) is 4.53. The lowest BCUT2D eigenvalue weighted by Gasteiger charge is -2.13. The molecule has 0 aromatic heterocycles. The maximum absolute atomic E-state index is 11.5. The predicted molar refractivity (Wildman–Crippen MR) is 84.9 cm³/mol. The minimum absolute atomic E-state index is 0.435. The number of para-hydroxylation sites is 1. The first-order chi connectivity index (χ1) is 10.3. The summed E-state index contributed by atoms with van der Waals surface area (Å²) in [6.45, 7) is 2.49. The molecular formula is C17H20N2O2. The van der Waals surface area contributed by atoms with Gasteiger partial charge in [0, 0.05) is 5.56 Å². The van der Waals surface area contributed by atoms with E-state index in [9.17, 15) is 4.79 Å². The van der Waals surface area contributed by atoms with Gasteiger partial charge in [0.2, 0.25) is 0 Å². The summed E-state index contributed by atoms with van der Waals surface area (Å²) >= 11 is 0. The second kappa shape index (κ2) is 7.94.